The third-order valence-electron chi connectivity index (χ3n) is 3.97. The van der Waals surface area contributed by atoms with Gasteiger partial charge < -0.3 is 20.9 Å². The predicted octanol–water partition coefficient (Wildman–Crippen LogP) is -0.0309. The minimum absolute atomic E-state index is 0.111. The second-order valence-corrected chi connectivity index (χ2v) is 6.04. The van der Waals surface area contributed by atoms with Crippen molar-refractivity contribution in [3.8, 4) is 0 Å². The Hall–Kier alpha value is -1.21. The predicted molar refractivity (Wildman–Crippen MR) is 86.9 cm³/mol. The molecule has 1 rings (SSSR count). The van der Waals surface area contributed by atoms with E-state index in [0.29, 0.717) is 24.4 Å². The van der Waals surface area contributed by atoms with E-state index in [-0.39, 0.29) is 17.7 Å². The minimum Gasteiger partial charge on any atom is -0.393 e. The van der Waals surface area contributed by atoms with E-state index in [1.165, 1.54) is 0 Å². The number of nitrogens with two attached hydrogens (primary N) is 1. The number of likely N-dealkylation sites (tertiary alicyclic amines) is 1. The molecule has 1 saturated heterocycles. The van der Waals surface area contributed by atoms with Crippen LogP contribution in [0.4, 0.5) is 0 Å². The number of piperidine rings is 1. The molecule has 0 unspecified atom stereocenters. The maximum atomic E-state index is 12.0. The second-order valence-electron chi connectivity index (χ2n) is 5.51. The standard InChI is InChI=1S/C14H26N4O2S/c1-16-14(20)11-3-8-18(9-4-11)10-6-13(19)17(2)7-5-12(15)21/h11H,3-10H2,1-2H3,(H2,15,21)(H,16,20). The average Bonchev–Trinajstić information content (AvgIpc) is 2.49. The van der Waals surface area contributed by atoms with Crippen molar-refractivity contribution in [2.75, 3.05) is 40.3 Å². The Balaban J connectivity index is 2.22. The third-order valence-corrected chi connectivity index (χ3v) is 4.17. The highest BCUT2D eigenvalue weighted by atomic mass is 32.1. The number of carbonyl (C=O) groups excluding carboxylic acids is 2. The van der Waals surface area contributed by atoms with Crippen LogP contribution in [0.25, 0.3) is 0 Å². The van der Waals surface area contributed by atoms with Crippen LogP contribution in [0.15, 0.2) is 0 Å². The zero-order valence-corrected chi connectivity index (χ0v) is 13.7. The van der Waals surface area contributed by atoms with Gasteiger partial charge in [-0.25, -0.2) is 0 Å². The van der Waals surface area contributed by atoms with Gasteiger partial charge >= 0.3 is 0 Å². The van der Waals surface area contributed by atoms with Crippen molar-refractivity contribution in [2.24, 2.45) is 11.7 Å². The van der Waals surface area contributed by atoms with Crippen molar-refractivity contribution >= 4 is 29.0 Å². The topological polar surface area (TPSA) is 78.7 Å². The number of amides is 2. The minimum atomic E-state index is 0.111. The first-order valence-electron chi connectivity index (χ1n) is 7.40. The van der Waals surface area contributed by atoms with Gasteiger partial charge in [0.05, 0.1) is 4.99 Å². The monoisotopic (exact) mass is 314 g/mol. The Labute approximate surface area is 132 Å². The Bertz CT molecular complexity index is 381. The fraction of sp³-hybridized carbons (Fsp3) is 0.786. The zero-order valence-electron chi connectivity index (χ0n) is 12.9. The van der Waals surface area contributed by atoms with Gasteiger partial charge in [-0.2, -0.15) is 0 Å². The molecule has 0 aromatic carbocycles. The number of hydrogen-bond acceptors (Lipinski definition) is 4. The van der Waals surface area contributed by atoms with E-state index in [1.807, 2.05) is 0 Å². The zero-order chi connectivity index (χ0) is 15.8. The fourth-order valence-corrected chi connectivity index (χ4v) is 2.56. The van der Waals surface area contributed by atoms with E-state index in [4.69, 9.17) is 18.0 Å². The lowest BCUT2D eigenvalue weighted by molar-refractivity contribution is -0.130. The number of carbonyl (C=O) groups is 2. The summed E-state index contributed by atoms with van der Waals surface area (Å²) in [6.07, 6.45) is 2.80. The van der Waals surface area contributed by atoms with Crippen molar-refractivity contribution < 1.29 is 9.59 Å². The largest absolute Gasteiger partial charge is 0.393 e. The Morgan fingerprint density at radius 1 is 1.33 bits per heavy atom. The molecule has 0 radical (unpaired) electrons. The fourth-order valence-electron chi connectivity index (χ4n) is 2.47. The molecule has 120 valence electrons. The van der Waals surface area contributed by atoms with Crippen LogP contribution in [0.3, 0.4) is 0 Å². The van der Waals surface area contributed by atoms with Crippen LogP contribution in [-0.4, -0.2) is 66.9 Å². The maximum absolute atomic E-state index is 12.0. The Kier molecular flexibility index (Phi) is 7.60. The number of hydrogen-bond donors (Lipinski definition) is 2. The number of rotatable bonds is 7. The van der Waals surface area contributed by atoms with E-state index in [0.717, 1.165) is 32.5 Å². The third kappa shape index (κ3) is 6.39. The van der Waals surface area contributed by atoms with Gasteiger partial charge in [0.1, 0.15) is 0 Å². The van der Waals surface area contributed by atoms with Crippen LogP contribution in [0.2, 0.25) is 0 Å². The molecule has 6 nitrogen and oxygen atoms in total. The molecule has 0 spiro atoms. The van der Waals surface area contributed by atoms with E-state index in [2.05, 4.69) is 10.2 Å². The number of nitrogens with zero attached hydrogens (tertiary/aromatic N) is 2. The van der Waals surface area contributed by atoms with E-state index in [1.54, 1.807) is 19.0 Å². The van der Waals surface area contributed by atoms with Crippen molar-refractivity contribution in [1.29, 1.82) is 0 Å². The molecule has 1 aliphatic rings. The van der Waals surface area contributed by atoms with E-state index in [9.17, 15) is 9.59 Å². The summed E-state index contributed by atoms with van der Waals surface area (Å²) >= 11 is 4.81. The van der Waals surface area contributed by atoms with Gasteiger partial charge in [-0.15, -0.1) is 0 Å². The van der Waals surface area contributed by atoms with Crippen LogP contribution in [0, 0.1) is 5.92 Å². The number of nitrogens with one attached hydrogen (secondary N) is 1. The summed E-state index contributed by atoms with van der Waals surface area (Å²) < 4.78 is 0. The van der Waals surface area contributed by atoms with E-state index >= 15 is 0 Å². The molecule has 0 aromatic rings. The SMILES string of the molecule is CNC(=O)C1CCN(CCC(=O)N(C)CCC(N)=S)CC1. The van der Waals surface area contributed by atoms with E-state index < -0.39 is 0 Å². The molecule has 21 heavy (non-hydrogen) atoms. The van der Waals surface area contributed by atoms with Crippen LogP contribution in [0.5, 0.6) is 0 Å². The summed E-state index contributed by atoms with van der Waals surface area (Å²) in [5.41, 5.74) is 5.43. The van der Waals surface area contributed by atoms with Gasteiger partial charge in [-0.3, -0.25) is 9.59 Å². The molecule has 1 aliphatic heterocycles. The van der Waals surface area contributed by atoms with Crippen molar-refractivity contribution in [2.45, 2.75) is 25.7 Å². The molecule has 2 amide bonds. The summed E-state index contributed by atoms with van der Waals surface area (Å²) in [5, 5.41) is 2.70. The molecule has 1 heterocycles. The molecule has 0 aromatic heterocycles. The second kappa shape index (κ2) is 8.94. The molecule has 0 bridgehead atoms. The highest BCUT2D eigenvalue weighted by Gasteiger charge is 2.24. The molecule has 0 saturated carbocycles. The van der Waals surface area contributed by atoms with Gasteiger partial charge in [0, 0.05) is 45.9 Å². The quantitative estimate of drug-likeness (QED) is 0.645. The van der Waals surface area contributed by atoms with Gasteiger partial charge in [0.2, 0.25) is 11.8 Å². The summed E-state index contributed by atoms with van der Waals surface area (Å²) in [7, 11) is 3.45. The van der Waals surface area contributed by atoms with Crippen LogP contribution in [0.1, 0.15) is 25.7 Å². The van der Waals surface area contributed by atoms with Gasteiger partial charge in [0.15, 0.2) is 0 Å². The van der Waals surface area contributed by atoms with Crippen molar-refractivity contribution in [1.82, 2.24) is 15.1 Å². The van der Waals surface area contributed by atoms with Gasteiger partial charge in [-0.05, 0) is 25.9 Å². The van der Waals surface area contributed by atoms with Crippen LogP contribution in [-0.2, 0) is 9.59 Å². The first-order chi connectivity index (χ1) is 9.93. The van der Waals surface area contributed by atoms with Gasteiger partial charge in [0.25, 0.3) is 0 Å². The highest BCUT2D eigenvalue weighted by molar-refractivity contribution is 7.80. The van der Waals surface area contributed by atoms with Gasteiger partial charge in [-0.1, -0.05) is 12.2 Å². The number of thiocarbonyl (C=S) groups is 1. The maximum Gasteiger partial charge on any atom is 0.223 e. The molecule has 0 atom stereocenters. The first-order valence-corrected chi connectivity index (χ1v) is 7.81. The smallest absolute Gasteiger partial charge is 0.223 e. The molecule has 1 fully saturated rings. The Morgan fingerprint density at radius 2 is 1.95 bits per heavy atom. The van der Waals surface area contributed by atoms with Crippen LogP contribution >= 0.6 is 12.2 Å². The normalized spacial score (nSPS) is 16.5. The molecular formula is C14H26N4O2S. The summed E-state index contributed by atoms with van der Waals surface area (Å²) in [6.45, 7) is 3.08. The summed E-state index contributed by atoms with van der Waals surface area (Å²) in [4.78, 5) is 27.9. The van der Waals surface area contributed by atoms with Crippen LogP contribution < -0.4 is 11.1 Å². The first kappa shape index (κ1) is 17.8. The lowest BCUT2D eigenvalue weighted by atomic mass is 9.96. The summed E-state index contributed by atoms with van der Waals surface area (Å²) in [5.74, 6) is 0.359. The average molecular weight is 314 g/mol. The molecule has 7 heteroatoms. The highest BCUT2D eigenvalue weighted by Crippen LogP contribution is 2.17. The lowest BCUT2D eigenvalue weighted by Crippen LogP contribution is -2.41. The lowest BCUT2D eigenvalue weighted by Gasteiger charge is -2.31. The van der Waals surface area contributed by atoms with Crippen molar-refractivity contribution in [3.05, 3.63) is 0 Å². The molecular weight excluding hydrogens is 288 g/mol. The Morgan fingerprint density at radius 3 is 2.48 bits per heavy atom. The van der Waals surface area contributed by atoms with Crippen molar-refractivity contribution in [3.63, 3.8) is 0 Å². The molecule has 0 aliphatic carbocycles. The molecule has 3 N–H and O–H groups in total. The summed E-state index contributed by atoms with van der Waals surface area (Å²) in [6, 6.07) is 0.